The molecule has 18 heavy (non-hydrogen) atoms. The number of carbonyl (C=O) groups excluding carboxylic acids is 1. The summed E-state index contributed by atoms with van der Waals surface area (Å²) in [6.07, 6.45) is 0.279. The molecule has 0 aromatic rings. The van der Waals surface area contributed by atoms with Gasteiger partial charge in [0.05, 0.1) is 0 Å². The third-order valence-electron chi connectivity index (χ3n) is 1.70. The van der Waals surface area contributed by atoms with Gasteiger partial charge in [-0.2, -0.15) is 0 Å². The molecule has 0 saturated heterocycles. The molecule has 0 saturated carbocycles. The van der Waals surface area contributed by atoms with E-state index in [9.17, 15) is 4.79 Å². The van der Waals surface area contributed by atoms with Crippen molar-refractivity contribution in [1.29, 1.82) is 10.5 Å². The second kappa shape index (κ2) is 9.25. The minimum atomic E-state index is -0.522. The van der Waals surface area contributed by atoms with E-state index in [1.165, 1.54) is 0 Å². The van der Waals surface area contributed by atoms with Gasteiger partial charge in [0.25, 0.3) is 0 Å². The topological polar surface area (TPSA) is 85.9 Å². The van der Waals surface area contributed by atoms with Gasteiger partial charge in [-0.05, 0) is 0 Å². The Bertz CT molecular complexity index is 342. The van der Waals surface area contributed by atoms with E-state index in [1.54, 1.807) is 20.8 Å². The van der Waals surface area contributed by atoms with E-state index in [-0.39, 0.29) is 36.0 Å². The fourth-order valence-electron chi connectivity index (χ4n) is 1.06. The molecule has 1 N–H and O–H groups in total. The van der Waals surface area contributed by atoms with Crippen molar-refractivity contribution in [3.05, 3.63) is 0 Å². The zero-order chi connectivity index (χ0) is 14.0. The Morgan fingerprint density at radius 3 is 2.44 bits per heavy atom. The van der Waals surface area contributed by atoms with Crippen molar-refractivity contribution in [2.75, 3.05) is 0 Å². The van der Waals surface area contributed by atoms with Gasteiger partial charge in [-0.3, -0.25) is 0 Å². The number of nitrogens with zero attached hydrogens (tertiary/aromatic N) is 2. The summed E-state index contributed by atoms with van der Waals surface area (Å²) in [7, 11) is 0. The van der Waals surface area contributed by atoms with E-state index in [0.29, 0.717) is 5.32 Å². The van der Waals surface area contributed by atoms with Gasteiger partial charge in [-0.25, -0.2) is 0 Å². The van der Waals surface area contributed by atoms with Crippen molar-refractivity contribution in [3.63, 3.8) is 0 Å². The van der Waals surface area contributed by atoms with Gasteiger partial charge in [-0.15, -0.1) is 0 Å². The number of alkyl carbamates (subject to hydrolysis) is 1. The zero-order valence-electron chi connectivity index (χ0n) is 10.7. The summed E-state index contributed by atoms with van der Waals surface area (Å²) in [5, 5.41) is 21.3. The number of hydrogen-bond acceptors (Lipinski definition) is 4. The molecule has 0 aliphatic heterocycles. The number of rotatable bonds is 6. The average molecular weight is 381 g/mol. The van der Waals surface area contributed by atoms with Crippen molar-refractivity contribution in [2.45, 2.75) is 49.5 Å². The quantitative estimate of drug-likeness (QED) is 0.558. The van der Waals surface area contributed by atoms with Crippen LogP contribution >= 0.6 is 0 Å². The second-order valence-corrected chi connectivity index (χ2v) is 8.01. The number of nitrogens with one attached hydrogen (secondary N) is 1. The predicted octanol–water partition coefficient (Wildman–Crippen LogP) is 1.48. The molecule has 1 amide bonds. The van der Waals surface area contributed by atoms with Crippen LogP contribution in [0.4, 0.5) is 4.79 Å². The molecule has 0 radical (unpaired) electrons. The average Bonchev–Trinajstić information content (AvgIpc) is 2.23. The normalized spacial score (nSPS) is 12.1. The molecule has 0 aromatic heterocycles. The van der Waals surface area contributed by atoms with E-state index in [2.05, 4.69) is 15.3 Å². The molecule has 0 rings (SSSR count). The van der Waals surface area contributed by atoms with Crippen LogP contribution in [0.2, 0.25) is 10.6 Å². The molecule has 0 bridgehead atoms. The first-order valence-corrected chi connectivity index (χ1v) is 9.54. The van der Waals surface area contributed by atoms with Crippen LogP contribution in [0.25, 0.3) is 0 Å². The van der Waals surface area contributed by atoms with Crippen LogP contribution < -0.4 is 5.32 Å². The summed E-state index contributed by atoms with van der Waals surface area (Å²) < 4.78 is 5.17. The van der Waals surface area contributed by atoms with Crippen LogP contribution in [0.3, 0.4) is 0 Å². The summed E-state index contributed by atoms with van der Waals surface area (Å²) in [6, 6.07) is -0.0604. The number of carbonyl (C=O) groups is 1. The molecule has 0 spiro atoms. The molecule has 0 aromatic carbocycles. The SMILES string of the molecule is CC(C)(C)OC(=O)NC(CC[Se]C#N)C[Se]C#N. The maximum absolute atomic E-state index is 11.6. The Morgan fingerprint density at radius 2 is 1.94 bits per heavy atom. The van der Waals surface area contributed by atoms with E-state index >= 15 is 0 Å². The van der Waals surface area contributed by atoms with Crippen molar-refractivity contribution < 1.29 is 9.53 Å². The fourth-order valence-corrected chi connectivity index (χ4v) is 3.19. The van der Waals surface area contributed by atoms with Crippen LogP contribution in [-0.4, -0.2) is 47.6 Å². The van der Waals surface area contributed by atoms with Crippen molar-refractivity contribution in [3.8, 4) is 9.94 Å². The summed E-state index contributed by atoms with van der Waals surface area (Å²) in [6.45, 7) is 5.42. The van der Waals surface area contributed by atoms with Crippen LogP contribution in [0.1, 0.15) is 27.2 Å². The Kier molecular flexibility index (Phi) is 8.88. The first kappa shape index (κ1) is 17.3. The molecule has 1 atom stereocenters. The van der Waals surface area contributed by atoms with Gasteiger partial charge in [0.1, 0.15) is 0 Å². The van der Waals surface area contributed by atoms with Gasteiger partial charge >= 0.3 is 121 Å². The van der Waals surface area contributed by atoms with E-state index < -0.39 is 11.7 Å². The monoisotopic (exact) mass is 383 g/mol. The third-order valence-corrected chi connectivity index (χ3v) is 4.36. The number of hydrogen-bond donors (Lipinski definition) is 1. The molecule has 5 nitrogen and oxygen atoms in total. The van der Waals surface area contributed by atoms with Gasteiger partial charge < -0.3 is 0 Å². The van der Waals surface area contributed by atoms with Crippen LogP contribution in [0.15, 0.2) is 0 Å². The van der Waals surface area contributed by atoms with Gasteiger partial charge in [0.15, 0.2) is 0 Å². The second-order valence-electron chi connectivity index (χ2n) is 4.47. The standard InChI is InChI=1S/C11H17N3O2Se2/c1-11(2,3)16-10(15)14-9(6-18-8-13)4-5-17-7-12/h9H,4-6H2,1-3H3,(H,14,15). The first-order chi connectivity index (χ1) is 8.39. The molecule has 1 unspecified atom stereocenters. The van der Waals surface area contributed by atoms with Gasteiger partial charge in [0, 0.05) is 0 Å². The van der Waals surface area contributed by atoms with Crippen LogP contribution in [0, 0.1) is 20.5 Å². The molecule has 0 aliphatic carbocycles. The van der Waals surface area contributed by atoms with Gasteiger partial charge in [0.2, 0.25) is 0 Å². The van der Waals surface area contributed by atoms with Gasteiger partial charge in [-0.1, -0.05) is 0 Å². The Morgan fingerprint density at radius 1 is 1.33 bits per heavy atom. The third kappa shape index (κ3) is 10.4. The van der Waals surface area contributed by atoms with Crippen LogP contribution in [0.5, 0.6) is 0 Å². The number of ether oxygens (including phenoxy) is 1. The summed E-state index contributed by atoms with van der Waals surface area (Å²) in [5.41, 5.74) is -0.522. The first-order valence-electron chi connectivity index (χ1n) is 5.40. The molecular formula is C11H17N3O2Se2. The Hall–Kier alpha value is -0.711. The van der Waals surface area contributed by atoms with Crippen molar-refractivity contribution in [1.82, 2.24) is 5.32 Å². The molecule has 0 heterocycles. The Labute approximate surface area is 121 Å². The zero-order valence-corrected chi connectivity index (χ0v) is 14.2. The molecular weight excluding hydrogens is 364 g/mol. The summed E-state index contributed by atoms with van der Waals surface area (Å²) in [5.74, 6) is 0. The maximum atomic E-state index is 11.6. The minimum absolute atomic E-state index is 0.0481. The van der Waals surface area contributed by atoms with E-state index in [0.717, 1.165) is 11.7 Å². The number of amides is 1. The van der Waals surface area contributed by atoms with E-state index in [1.807, 2.05) is 0 Å². The van der Waals surface area contributed by atoms with Crippen molar-refractivity contribution >= 4 is 36.0 Å². The molecule has 100 valence electrons. The number of nitriles is 2. The van der Waals surface area contributed by atoms with Crippen LogP contribution in [-0.2, 0) is 4.74 Å². The Balaban J connectivity index is 4.18. The summed E-state index contributed by atoms with van der Waals surface area (Å²) >= 11 is -0.188. The molecule has 0 fully saturated rings. The fraction of sp³-hybridized carbons (Fsp3) is 0.727. The van der Waals surface area contributed by atoms with E-state index in [4.69, 9.17) is 15.3 Å². The molecule has 7 heteroatoms. The predicted molar refractivity (Wildman–Crippen MR) is 70.1 cm³/mol. The summed E-state index contributed by atoms with van der Waals surface area (Å²) in [4.78, 5) is 15.8. The molecule has 0 aliphatic rings. The van der Waals surface area contributed by atoms with Crippen molar-refractivity contribution in [2.24, 2.45) is 0 Å².